The fourth-order valence-corrected chi connectivity index (χ4v) is 2.07. The molecule has 0 fully saturated rings. The highest BCUT2D eigenvalue weighted by molar-refractivity contribution is 9.10. The van der Waals surface area contributed by atoms with Gasteiger partial charge in [-0.2, -0.15) is 5.26 Å². The predicted octanol–water partition coefficient (Wildman–Crippen LogP) is 4.38. The van der Waals surface area contributed by atoms with Crippen LogP contribution in [0.5, 0.6) is 0 Å². The van der Waals surface area contributed by atoms with Gasteiger partial charge in [-0.05, 0) is 58.2 Å². The summed E-state index contributed by atoms with van der Waals surface area (Å²) in [6, 6.07) is 12.7. The van der Waals surface area contributed by atoms with Crippen molar-refractivity contribution < 1.29 is 4.39 Å². The Hall–Kier alpha value is -1.86. The quantitative estimate of drug-likeness (QED) is 0.911. The summed E-state index contributed by atoms with van der Waals surface area (Å²) in [5, 5.41) is 12.0. The van der Waals surface area contributed by atoms with Crippen molar-refractivity contribution in [3.8, 4) is 6.07 Å². The summed E-state index contributed by atoms with van der Waals surface area (Å²) in [7, 11) is 0. The number of anilines is 1. The van der Waals surface area contributed by atoms with E-state index in [9.17, 15) is 4.39 Å². The van der Waals surface area contributed by atoms with Gasteiger partial charge in [-0.15, -0.1) is 0 Å². The van der Waals surface area contributed by atoms with Gasteiger partial charge in [0.15, 0.2) is 0 Å². The van der Waals surface area contributed by atoms with Crippen molar-refractivity contribution in [2.24, 2.45) is 0 Å². The minimum atomic E-state index is -0.263. The summed E-state index contributed by atoms with van der Waals surface area (Å²) in [5.74, 6) is -0.263. The lowest BCUT2D eigenvalue weighted by atomic mass is 10.1. The lowest BCUT2D eigenvalue weighted by Crippen LogP contribution is -2.01. The average molecular weight is 319 g/mol. The van der Waals surface area contributed by atoms with E-state index in [1.54, 1.807) is 18.2 Å². The molecular formula is C15H12BrFN2. The van der Waals surface area contributed by atoms with Crippen LogP contribution in [0.3, 0.4) is 0 Å². The number of hydrogen-bond donors (Lipinski definition) is 1. The monoisotopic (exact) mass is 318 g/mol. The number of benzene rings is 2. The second-order valence-corrected chi connectivity index (χ2v) is 5.10. The number of nitriles is 1. The zero-order chi connectivity index (χ0) is 13.8. The molecular weight excluding hydrogens is 307 g/mol. The Balaban J connectivity index is 2.10. The molecule has 2 nitrogen and oxygen atoms in total. The molecule has 2 rings (SSSR count). The van der Waals surface area contributed by atoms with Gasteiger partial charge in [0, 0.05) is 12.2 Å². The smallest absolute Gasteiger partial charge is 0.137 e. The van der Waals surface area contributed by atoms with Crippen LogP contribution in [0.15, 0.2) is 40.9 Å². The molecule has 19 heavy (non-hydrogen) atoms. The standard InChI is InChI=1S/C15H12BrFN2/c1-10-6-14(17)13(16)7-15(10)19-9-12-4-2-11(8-18)3-5-12/h2-7,19H,9H2,1H3. The Labute approximate surface area is 120 Å². The molecule has 2 aromatic rings. The van der Waals surface area contributed by atoms with Gasteiger partial charge in [0.25, 0.3) is 0 Å². The number of nitrogens with one attached hydrogen (secondary N) is 1. The van der Waals surface area contributed by atoms with Gasteiger partial charge in [0.1, 0.15) is 5.82 Å². The molecule has 0 amide bonds. The van der Waals surface area contributed by atoms with E-state index < -0.39 is 0 Å². The van der Waals surface area contributed by atoms with E-state index in [0.717, 1.165) is 16.8 Å². The molecule has 0 aliphatic heterocycles. The van der Waals surface area contributed by atoms with Crippen LogP contribution in [0.2, 0.25) is 0 Å². The minimum absolute atomic E-state index is 0.263. The molecule has 0 saturated carbocycles. The van der Waals surface area contributed by atoms with E-state index in [1.807, 2.05) is 19.1 Å². The Morgan fingerprint density at radius 2 is 1.95 bits per heavy atom. The molecule has 0 atom stereocenters. The van der Waals surface area contributed by atoms with E-state index >= 15 is 0 Å². The number of rotatable bonds is 3. The van der Waals surface area contributed by atoms with Crippen molar-refractivity contribution >= 4 is 21.6 Å². The second kappa shape index (κ2) is 5.85. The summed E-state index contributed by atoms with van der Waals surface area (Å²) in [6.07, 6.45) is 0. The Bertz CT molecular complexity index is 630. The molecule has 2 aromatic carbocycles. The maximum absolute atomic E-state index is 13.3. The summed E-state index contributed by atoms with van der Waals surface area (Å²) in [6.45, 7) is 2.49. The van der Waals surface area contributed by atoms with Crippen molar-refractivity contribution in [2.45, 2.75) is 13.5 Å². The molecule has 0 aromatic heterocycles. The molecule has 0 aliphatic rings. The molecule has 0 bridgehead atoms. The van der Waals surface area contributed by atoms with Crippen LogP contribution in [0.25, 0.3) is 0 Å². The van der Waals surface area contributed by atoms with Crippen molar-refractivity contribution in [2.75, 3.05) is 5.32 Å². The summed E-state index contributed by atoms with van der Waals surface area (Å²) < 4.78 is 13.7. The van der Waals surface area contributed by atoms with Crippen LogP contribution in [0.1, 0.15) is 16.7 Å². The number of aryl methyl sites for hydroxylation is 1. The first-order chi connectivity index (χ1) is 9.10. The molecule has 96 valence electrons. The Kier molecular flexibility index (Phi) is 4.18. The Morgan fingerprint density at radius 3 is 2.58 bits per heavy atom. The Morgan fingerprint density at radius 1 is 1.26 bits per heavy atom. The summed E-state index contributed by atoms with van der Waals surface area (Å²) in [5.41, 5.74) is 3.45. The third kappa shape index (κ3) is 3.33. The third-order valence-electron chi connectivity index (χ3n) is 2.83. The molecule has 0 radical (unpaired) electrons. The van der Waals surface area contributed by atoms with E-state index in [4.69, 9.17) is 5.26 Å². The van der Waals surface area contributed by atoms with Crippen molar-refractivity contribution in [3.63, 3.8) is 0 Å². The van der Waals surface area contributed by atoms with Crippen LogP contribution >= 0.6 is 15.9 Å². The van der Waals surface area contributed by atoms with Gasteiger partial charge >= 0.3 is 0 Å². The van der Waals surface area contributed by atoms with Gasteiger partial charge < -0.3 is 5.32 Å². The highest BCUT2D eigenvalue weighted by atomic mass is 79.9. The normalized spacial score (nSPS) is 10.0. The molecule has 0 saturated heterocycles. The second-order valence-electron chi connectivity index (χ2n) is 4.24. The fraction of sp³-hybridized carbons (Fsp3) is 0.133. The first-order valence-electron chi connectivity index (χ1n) is 5.78. The van der Waals surface area contributed by atoms with Crippen LogP contribution in [-0.2, 0) is 6.54 Å². The van der Waals surface area contributed by atoms with Gasteiger partial charge in [-0.1, -0.05) is 12.1 Å². The maximum Gasteiger partial charge on any atom is 0.137 e. The predicted molar refractivity (Wildman–Crippen MR) is 77.3 cm³/mol. The van der Waals surface area contributed by atoms with Gasteiger partial charge in [-0.25, -0.2) is 4.39 Å². The maximum atomic E-state index is 13.3. The minimum Gasteiger partial charge on any atom is -0.381 e. The molecule has 4 heteroatoms. The summed E-state index contributed by atoms with van der Waals surface area (Å²) >= 11 is 3.17. The summed E-state index contributed by atoms with van der Waals surface area (Å²) in [4.78, 5) is 0. The zero-order valence-electron chi connectivity index (χ0n) is 10.4. The van der Waals surface area contributed by atoms with E-state index in [2.05, 4.69) is 27.3 Å². The lowest BCUT2D eigenvalue weighted by Gasteiger charge is -2.10. The van der Waals surface area contributed by atoms with Crippen LogP contribution in [0, 0.1) is 24.1 Å². The van der Waals surface area contributed by atoms with Crippen molar-refractivity contribution in [1.82, 2.24) is 0 Å². The zero-order valence-corrected chi connectivity index (χ0v) is 12.0. The fourth-order valence-electron chi connectivity index (χ4n) is 1.73. The first-order valence-corrected chi connectivity index (χ1v) is 6.58. The van der Waals surface area contributed by atoms with E-state index in [-0.39, 0.29) is 5.82 Å². The number of halogens is 2. The molecule has 0 spiro atoms. The van der Waals surface area contributed by atoms with Gasteiger partial charge in [-0.3, -0.25) is 0 Å². The first kappa shape index (κ1) is 13.6. The van der Waals surface area contributed by atoms with Crippen LogP contribution in [0.4, 0.5) is 10.1 Å². The molecule has 0 heterocycles. The molecule has 0 unspecified atom stereocenters. The highest BCUT2D eigenvalue weighted by Crippen LogP contribution is 2.24. The number of hydrogen-bond acceptors (Lipinski definition) is 2. The largest absolute Gasteiger partial charge is 0.381 e. The van der Waals surface area contributed by atoms with E-state index in [0.29, 0.717) is 16.6 Å². The molecule has 1 N–H and O–H groups in total. The lowest BCUT2D eigenvalue weighted by molar-refractivity contribution is 0.620. The molecule has 0 aliphatic carbocycles. The average Bonchev–Trinajstić information content (AvgIpc) is 2.42. The third-order valence-corrected chi connectivity index (χ3v) is 3.44. The number of nitrogens with zero attached hydrogens (tertiary/aromatic N) is 1. The van der Waals surface area contributed by atoms with E-state index in [1.165, 1.54) is 6.07 Å². The van der Waals surface area contributed by atoms with Gasteiger partial charge in [0.2, 0.25) is 0 Å². The van der Waals surface area contributed by atoms with Gasteiger partial charge in [0.05, 0.1) is 16.1 Å². The van der Waals surface area contributed by atoms with Crippen LogP contribution in [-0.4, -0.2) is 0 Å². The van der Waals surface area contributed by atoms with Crippen molar-refractivity contribution in [3.05, 3.63) is 63.4 Å². The SMILES string of the molecule is Cc1cc(F)c(Br)cc1NCc1ccc(C#N)cc1. The highest BCUT2D eigenvalue weighted by Gasteiger charge is 2.05. The van der Waals surface area contributed by atoms with Crippen molar-refractivity contribution in [1.29, 1.82) is 5.26 Å². The van der Waals surface area contributed by atoms with Crippen LogP contribution < -0.4 is 5.32 Å². The topological polar surface area (TPSA) is 35.8 Å².